The third-order valence-corrected chi connectivity index (χ3v) is 2.93. The first-order valence-corrected chi connectivity index (χ1v) is 6.36. The highest BCUT2D eigenvalue weighted by molar-refractivity contribution is 7.57. The monoisotopic (exact) mass is 270 g/mol. The van der Waals surface area contributed by atoms with Gasteiger partial charge < -0.3 is 0 Å². The van der Waals surface area contributed by atoms with Crippen molar-refractivity contribution >= 4 is 31.1 Å². The van der Waals surface area contributed by atoms with Crippen molar-refractivity contribution in [2.24, 2.45) is 5.10 Å². The molecular formula is C9H11N4O4P. The highest BCUT2D eigenvalue weighted by Gasteiger charge is 2.19. The molecule has 1 aromatic carbocycles. The van der Waals surface area contributed by atoms with Crippen molar-refractivity contribution in [3.63, 3.8) is 0 Å². The minimum atomic E-state index is -0.686. The standard InChI is InChI=1S/C9H11N4O4P/c1-6(18-2)10-11-8-4-3-7(12(14)15)5-9(8)13(16)17/h3-5,11,18H,1-2H3. The van der Waals surface area contributed by atoms with E-state index in [1.165, 1.54) is 12.1 Å². The maximum Gasteiger partial charge on any atom is 0.301 e. The van der Waals surface area contributed by atoms with Gasteiger partial charge in [-0.05, 0) is 19.7 Å². The molecule has 96 valence electrons. The predicted molar refractivity (Wildman–Crippen MR) is 70.7 cm³/mol. The highest BCUT2D eigenvalue weighted by Crippen LogP contribution is 2.29. The molecule has 1 N–H and O–H groups in total. The smallest absolute Gasteiger partial charge is 0.271 e. The average Bonchev–Trinajstić information content (AvgIpc) is 2.35. The Hall–Kier alpha value is -2.08. The Morgan fingerprint density at radius 1 is 1.33 bits per heavy atom. The Kier molecular flexibility index (Phi) is 4.67. The van der Waals surface area contributed by atoms with Crippen molar-refractivity contribution in [3.05, 3.63) is 38.4 Å². The molecule has 0 saturated carbocycles. The molecule has 1 unspecified atom stereocenters. The van der Waals surface area contributed by atoms with Gasteiger partial charge in [-0.15, -0.1) is 0 Å². The molecule has 0 spiro atoms. The normalized spacial score (nSPS) is 11.8. The van der Waals surface area contributed by atoms with Crippen molar-refractivity contribution in [3.8, 4) is 0 Å². The van der Waals surface area contributed by atoms with E-state index in [2.05, 4.69) is 10.5 Å². The van der Waals surface area contributed by atoms with Gasteiger partial charge in [0.15, 0.2) is 0 Å². The zero-order valence-electron chi connectivity index (χ0n) is 9.71. The molecule has 0 bridgehead atoms. The number of rotatable bonds is 5. The van der Waals surface area contributed by atoms with E-state index in [1.54, 1.807) is 6.92 Å². The van der Waals surface area contributed by atoms with Crippen LogP contribution in [0.1, 0.15) is 6.92 Å². The summed E-state index contributed by atoms with van der Waals surface area (Å²) in [5, 5.41) is 25.3. The molecule has 0 heterocycles. The maximum atomic E-state index is 10.8. The number of benzene rings is 1. The minimum Gasteiger partial charge on any atom is -0.271 e. The fraction of sp³-hybridized carbons (Fsp3) is 0.222. The van der Waals surface area contributed by atoms with Gasteiger partial charge >= 0.3 is 5.69 Å². The second-order valence-electron chi connectivity index (χ2n) is 3.27. The van der Waals surface area contributed by atoms with Crippen LogP contribution < -0.4 is 5.43 Å². The van der Waals surface area contributed by atoms with Gasteiger partial charge in [0.1, 0.15) is 5.69 Å². The highest BCUT2D eigenvalue weighted by atomic mass is 31.1. The molecule has 0 aliphatic heterocycles. The summed E-state index contributed by atoms with van der Waals surface area (Å²) in [6, 6.07) is 3.36. The molecule has 8 nitrogen and oxygen atoms in total. The van der Waals surface area contributed by atoms with Crippen LogP contribution in [0, 0.1) is 20.2 Å². The van der Waals surface area contributed by atoms with E-state index in [0.717, 1.165) is 11.5 Å². The molecule has 0 fully saturated rings. The van der Waals surface area contributed by atoms with E-state index in [9.17, 15) is 20.2 Å². The third kappa shape index (κ3) is 3.46. The zero-order chi connectivity index (χ0) is 13.7. The quantitative estimate of drug-likeness (QED) is 0.382. The molecule has 18 heavy (non-hydrogen) atoms. The van der Waals surface area contributed by atoms with Gasteiger partial charge in [0.05, 0.1) is 21.4 Å². The van der Waals surface area contributed by atoms with Crippen LogP contribution in [-0.2, 0) is 0 Å². The zero-order valence-corrected chi connectivity index (χ0v) is 10.7. The van der Waals surface area contributed by atoms with Crippen molar-refractivity contribution < 1.29 is 9.85 Å². The number of anilines is 1. The fourth-order valence-electron chi connectivity index (χ4n) is 1.08. The largest absolute Gasteiger partial charge is 0.301 e. The molecule has 0 radical (unpaired) electrons. The Balaban J connectivity index is 3.12. The Morgan fingerprint density at radius 2 is 2.00 bits per heavy atom. The molecule has 1 atom stereocenters. The molecule has 9 heteroatoms. The average molecular weight is 270 g/mol. The summed E-state index contributed by atoms with van der Waals surface area (Å²) in [7, 11) is 0.478. The van der Waals surface area contributed by atoms with Gasteiger partial charge in [-0.3, -0.25) is 25.7 Å². The number of hydrazone groups is 1. The lowest BCUT2D eigenvalue weighted by Crippen LogP contribution is -1.99. The van der Waals surface area contributed by atoms with E-state index in [0.29, 0.717) is 8.58 Å². The molecule has 0 aliphatic carbocycles. The lowest BCUT2D eigenvalue weighted by molar-refractivity contribution is -0.393. The van der Waals surface area contributed by atoms with Crippen molar-refractivity contribution in [1.29, 1.82) is 0 Å². The van der Waals surface area contributed by atoms with E-state index < -0.39 is 9.85 Å². The maximum absolute atomic E-state index is 10.8. The lowest BCUT2D eigenvalue weighted by Gasteiger charge is -2.03. The topological polar surface area (TPSA) is 111 Å². The SMILES string of the molecule is CPC(C)=NNc1ccc([N+](=O)[O-])cc1[N+](=O)[O-]. The minimum absolute atomic E-state index is 0.128. The number of nitro groups is 2. The van der Waals surface area contributed by atoms with E-state index in [-0.39, 0.29) is 17.1 Å². The first-order chi connectivity index (χ1) is 8.45. The first-order valence-electron chi connectivity index (χ1n) is 4.86. The second kappa shape index (κ2) is 6.02. The fourth-order valence-corrected chi connectivity index (χ4v) is 1.25. The summed E-state index contributed by atoms with van der Waals surface area (Å²) in [5.41, 5.74) is 2.76. The van der Waals surface area contributed by atoms with Crippen LogP contribution in [0.4, 0.5) is 17.1 Å². The number of hydrogen-bond donors (Lipinski definition) is 1. The number of nitrogens with zero attached hydrogens (tertiary/aromatic N) is 3. The number of nitrogens with one attached hydrogen (secondary N) is 1. The summed E-state index contributed by atoms with van der Waals surface area (Å²) < 4.78 is 0. The lowest BCUT2D eigenvalue weighted by atomic mass is 10.2. The first kappa shape index (κ1) is 14.0. The van der Waals surface area contributed by atoms with Crippen molar-refractivity contribution in [2.75, 3.05) is 12.1 Å². The summed E-state index contributed by atoms with van der Waals surface area (Å²) in [4.78, 5) is 20.0. The summed E-state index contributed by atoms with van der Waals surface area (Å²) >= 11 is 0. The third-order valence-electron chi connectivity index (χ3n) is 2.09. The molecule has 1 aromatic rings. The number of hydrogen-bond acceptors (Lipinski definition) is 6. The Labute approximate surface area is 104 Å². The van der Waals surface area contributed by atoms with E-state index in [4.69, 9.17) is 0 Å². The molecular weight excluding hydrogens is 259 g/mol. The summed E-state index contributed by atoms with van der Waals surface area (Å²) in [5.74, 6) is 0. The van der Waals surface area contributed by atoms with E-state index >= 15 is 0 Å². The van der Waals surface area contributed by atoms with Gasteiger partial charge in [-0.25, -0.2) is 0 Å². The van der Waals surface area contributed by atoms with Crippen molar-refractivity contribution in [1.82, 2.24) is 0 Å². The Bertz CT molecular complexity index is 517. The number of nitro benzene ring substituents is 2. The van der Waals surface area contributed by atoms with Crippen LogP contribution in [0.15, 0.2) is 23.3 Å². The van der Waals surface area contributed by atoms with Crippen LogP contribution >= 0.6 is 8.58 Å². The summed E-state index contributed by atoms with van der Waals surface area (Å²) in [6.07, 6.45) is 0. The van der Waals surface area contributed by atoms with Crippen LogP contribution in [0.2, 0.25) is 0 Å². The van der Waals surface area contributed by atoms with Crippen molar-refractivity contribution in [2.45, 2.75) is 6.92 Å². The van der Waals surface area contributed by atoms with Crippen LogP contribution in [0.25, 0.3) is 0 Å². The molecule has 0 saturated heterocycles. The van der Waals surface area contributed by atoms with E-state index in [1.807, 2.05) is 6.66 Å². The van der Waals surface area contributed by atoms with Gasteiger partial charge in [-0.1, -0.05) is 8.58 Å². The second-order valence-corrected chi connectivity index (χ2v) is 4.50. The Morgan fingerprint density at radius 3 is 2.50 bits per heavy atom. The predicted octanol–water partition coefficient (Wildman–Crippen LogP) is 2.56. The summed E-state index contributed by atoms with van der Waals surface area (Å²) in [6.45, 7) is 3.70. The van der Waals surface area contributed by atoms with Gasteiger partial charge in [0, 0.05) is 6.07 Å². The van der Waals surface area contributed by atoms with Crippen LogP contribution in [0.5, 0.6) is 0 Å². The van der Waals surface area contributed by atoms with Crippen LogP contribution in [0.3, 0.4) is 0 Å². The molecule has 0 amide bonds. The van der Waals surface area contributed by atoms with Gasteiger partial charge in [-0.2, -0.15) is 5.10 Å². The molecule has 0 aromatic heterocycles. The molecule has 0 aliphatic rings. The van der Waals surface area contributed by atoms with Gasteiger partial charge in [0.25, 0.3) is 5.69 Å². The van der Waals surface area contributed by atoms with Gasteiger partial charge in [0.2, 0.25) is 0 Å². The van der Waals surface area contributed by atoms with Crippen LogP contribution in [-0.4, -0.2) is 22.0 Å². The number of non-ortho nitro benzene ring substituents is 1. The molecule has 1 rings (SSSR count).